The summed E-state index contributed by atoms with van der Waals surface area (Å²) < 4.78 is 5.50. The molecule has 4 aromatic rings. The second-order valence-electron chi connectivity index (χ2n) is 10.1. The van der Waals surface area contributed by atoms with Crippen LogP contribution in [0, 0.1) is 0 Å². The SMILES string of the molecule is CC(C)(C)c1ccc(/C=C2\S/C(=N\N=C\c3ccc(-c4ccccc4)cc3)N(Cc3ccco3)C2=O)cc1. The average molecular weight is 520 g/mol. The van der Waals surface area contributed by atoms with Gasteiger partial charge in [-0.05, 0) is 63.2 Å². The molecule has 0 unspecified atom stereocenters. The van der Waals surface area contributed by atoms with Crippen molar-refractivity contribution in [3.63, 3.8) is 0 Å². The average Bonchev–Trinajstić information content (AvgIpc) is 3.54. The zero-order chi connectivity index (χ0) is 26.5. The standard InChI is InChI=1S/C32H29N3O2S/c1-32(2,3)27-17-13-23(14-18-27)20-29-30(36)35(22-28-10-7-19-37-28)31(38-29)34-33-21-24-11-15-26(16-12-24)25-8-5-4-6-9-25/h4-21H,22H2,1-3H3/b29-20-,33-21+,34-31-. The molecule has 1 aliphatic heterocycles. The summed E-state index contributed by atoms with van der Waals surface area (Å²) in [7, 11) is 0. The number of thioether (sulfide) groups is 1. The molecular formula is C32H29N3O2S. The molecule has 38 heavy (non-hydrogen) atoms. The van der Waals surface area contributed by atoms with Gasteiger partial charge >= 0.3 is 0 Å². The molecule has 5 nitrogen and oxygen atoms in total. The quantitative estimate of drug-likeness (QED) is 0.149. The van der Waals surface area contributed by atoms with Gasteiger partial charge < -0.3 is 4.42 Å². The van der Waals surface area contributed by atoms with E-state index in [0.717, 1.165) is 22.3 Å². The molecule has 5 rings (SSSR count). The Morgan fingerprint density at radius 1 is 0.842 bits per heavy atom. The minimum Gasteiger partial charge on any atom is -0.467 e. The maximum Gasteiger partial charge on any atom is 0.267 e. The van der Waals surface area contributed by atoms with Gasteiger partial charge in [-0.3, -0.25) is 9.69 Å². The van der Waals surface area contributed by atoms with Gasteiger partial charge in [-0.2, -0.15) is 5.10 Å². The number of carbonyl (C=O) groups excluding carboxylic acids is 1. The van der Waals surface area contributed by atoms with E-state index in [0.29, 0.717) is 22.4 Å². The fourth-order valence-electron chi connectivity index (χ4n) is 4.05. The van der Waals surface area contributed by atoms with Crippen molar-refractivity contribution in [1.29, 1.82) is 0 Å². The summed E-state index contributed by atoms with van der Waals surface area (Å²) in [5.74, 6) is 0.565. The number of nitrogens with zero attached hydrogens (tertiary/aromatic N) is 3. The monoisotopic (exact) mass is 519 g/mol. The summed E-state index contributed by atoms with van der Waals surface area (Å²) >= 11 is 1.32. The lowest BCUT2D eigenvalue weighted by Crippen LogP contribution is -2.28. The highest BCUT2D eigenvalue weighted by atomic mass is 32.2. The van der Waals surface area contributed by atoms with Gasteiger partial charge in [-0.15, -0.1) is 5.10 Å². The fourth-order valence-corrected chi connectivity index (χ4v) is 4.98. The Hall–Kier alpha value is -4.16. The molecule has 0 radical (unpaired) electrons. The van der Waals surface area contributed by atoms with Crippen LogP contribution in [0.1, 0.15) is 43.2 Å². The molecule has 6 heteroatoms. The largest absolute Gasteiger partial charge is 0.467 e. The number of furan rings is 1. The van der Waals surface area contributed by atoms with Gasteiger partial charge in [-0.1, -0.05) is 99.6 Å². The molecule has 0 bridgehead atoms. The highest BCUT2D eigenvalue weighted by Gasteiger charge is 2.34. The van der Waals surface area contributed by atoms with E-state index < -0.39 is 0 Å². The third-order valence-electron chi connectivity index (χ3n) is 6.22. The van der Waals surface area contributed by atoms with Crippen LogP contribution in [0.4, 0.5) is 0 Å². The van der Waals surface area contributed by atoms with Crippen molar-refractivity contribution >= 4 is 35.1 Å². The molecule has 1 aliphatic rings. The maximum atomic E-state index is 13.3. The molecule has 1 amide bonds. The number of hydrogen-bond donors (Lipinski definition) is 0. The first kappa shape index (κ1) is 25.5. The third-order valence-corrected chi connectivity index (χ3v) is 7.22. The maximum absolute atomic E-state index is 13.3. The number of rotatable bonds is 6. The second kappa shape index (κ2) is 11.1. The van der Waals surface area contributed by atoms with Crippen molar-refractivity contribution in [2.24, 2.45) is 10.2 Å². The molecule has 0 spiro atoms. The van der Waals surface area contributed by atoms with E-state index in [-0.39, 0.29) is 11.3 Å². The molecule has 1 fully saturated rings. The van der Waals surface area contributed by atoms with E-state index in [1.54, 1.807) is 17.4 Å². The Labute approximate surface area is 227 Å². The normalized spacial score (nSPS) is 16.3. The Morgan fingerprint density at radius 2 is 1.53 bits per heavy atom. The van der Waals surface area contributed by atoms with Crippen molar-refractivity contribution in [2.75, 3.05) is 0 Å². The zero-order valence-electron chi connectivity index (χ0n) is 21.7. The summed E-state index contributed by atoms with van der Waals surface area (Å²) in [4.78, 5) is 15.5. The zero-order valence-corrected chi connectivity index (χ0v) is 22.5. The van der Waals surface area contributed by atoms with Gasteiger partial charge in [0.2, 0.25) is 0 Å². The van der Waals surface area contributed by atoms with Crippen molar-refractivity contribution in [1.82, 2.24) is 4.90 Å². The molecular weight excluding hydrogens is 490 g/mol. The van der Waals surface area contributed by atoms with Gasteiger partial charge in [0.05, 0.1) is 23.9 Å². The smallest absolute Gasteiger partial charge is 0.267 e. The molecule has 190 valence electrons. The first-order valence-electron chi connectivity index (χ1n) is 12.5. The summed E-state index contributed by atoms with van der Waals surface area (Å²) in [5, 5.41) is 9.25. The van der Waals surface area contributed by atoms with Gasteiger partial charge in [0.15, 0.2) is 5.17 Å². The van der Waals surface area contributed by atoms with Crippen LogP contribution < -0.4 is 0 Å². The molecule has 0 N–H and O–H groups in total. The fraction of sp³-hybridized carbons (Fsp3) is 0.156. The van der Waals surface area contributed by atoms with Gasteiger partial charge in [0, 0.05) is 0 Å². The lowest BCUT2D eigenvalue weighted by Gasteiger charge is -2.18. The van der Waals surface area contributed by atoms with Gasteiger partial charge in [0.1, 0.15) is 5.76 Å². The minimum absolute atomic E-state index is 0.0726. The van der Waals surface area contributed by atoms with Crippen LogP contribution in [0.15, 0.2) is 117 Å². The lowest BCUT2D eigenvalue weighted by atomic mass is 9.87. The van der Waals surface area contributed by atoms with Gasteiger partial charge in [-0.25, -0.2) is 0 Å². The lowest BCUT2D eigenvalue weighted by molar-refractivity contribution is -0.122. The van der Waals surface area contributed by atoms with E-state index in [1.807, 2.05) is 60.7 Å². The highest BCUT2D eigenvalue weighted by molar-refractivity contribution is 8.18. The third kappa shape index (κ3) is 6.03. The molecule has 0 aliphatic carbocycles. The Bertz CT molecular complexity index is 1480. The topological polar surface area (TPSA) is 58.2 Å². The van der Waals surface area contributed by atoms with Crippen LogP contribution >= 0.6 is 11.8 Å². The Balaban J connectivity index is 1.37. The van der Waals surface area contributed by atoms with Crippen LogP contribution in [-0.2, 0) is 16.8 Å². The molecule has 0 atom stereocenters. The van der Waals surface area contributed by atoms with E-state index >= 15 is 0 Å². The summed E-state index contributed by atoms with van der Waals surface area (Å²) in [5.41, 5.74) is 5.52. The number of carbonyl (C=O) groups is 1. The minimum atomic E-state index is -0.118. The summed E-state index contributed by atoms with van der Waals surface area (Å²) in [6.45, 7) is 6.85. The second-order valence-corrected chi connectivity index (χ2v) is 11.1. The Morgan fingerprint density at radius 3 is 2.18 bits per heavy atom. The van der Waals surface area contributed by atoms with E-state index in [9.17, 15) is 4.79 Å². The van der Waals surface area contributed by atoms with E-state index in [4.69, 9.17) is 4.42 Å². The van der Waals surface area contributed by atoms with Crippen LogP contribution in [0.25, 0.3) is 17.2 Å². The first-order chi connectivity index (χ1) is 18.4. The number of hydrogen-bond acceptors (Lipinski definition) is 5. The van der Waals surface area contributed by atoms with Crippen molar-refractivity contribution in [3.8, 4) is 11.1 Å². The Kier molecular flexibility index (Phi) is 7.43. The van der Waals surface area contributed by atoms with E-state index in [1.165, 1.54) is 17.3 Å². The van der Waals surface area contributed by atoms with Gasteiger partial charge in [0.25, 0.3) is 5.91 Å². The molecule has 3 aromatic carbocycles. The molecule has 0 saturated carbocycles. The predicted octanol–water partition coefficient (Wildman–Crippen LogP) is 7.75. The molecule has 2 heterocycles. The highest BCUT2D eigenvalue weighted by Crippen LogP contribution is 2.34. The van der Waals surface area contributed by atoms with E-state index in [2.05, 4.69) is 67.4 Å². The molecule has 1 aromatic heterocycles. The van der Waals surface area contributed by atoms with Crippen LogP contribution in [0.3, 0.4) is 0 Å². The summed E-state index contributed by atoms with van der Waals surface area (Å²) in [6.07, 6.45) is 5.21. The number of benzene rings is 3. The van der Waals surface area contributed by atoms with Crippen molar-refractivity contribution in [3.05, 3.63) is 125 Å². The van der Waals surface area contributed by atoms with Crippen LogP contribution in [-0.4, -0.2) is 22.2 Å². The van der Waals surface area contributed by atoms with Crippen molar-refractivity contribution in [2.45, 2.75) is 32.7 Å². The summed E-state index contributed by atoms with van der Waals surface area (Å²) in [6, 6.07) is 30.3. The van der Waals surface area contributed by atoms with Crippen LogP contribution in [0.5, 0.6) is 0 Å². The predicted molar refractivity (Wildman–Crippen MR) is 157 cm³/mol. The first-order valence-corrected chi connectivity index (χ1v) is 13.3. The van der Waals surface area contributed by atoms with Crippen molar-refractivity contribution < 1.29 is 9.21 Å². The number of amides is 1. The number of amidine groups is 1. The molecule has 1 saturated heterocycles. The van der Waals surface area contributed by atoms with Crippen LogP contribution in [0.2, 0.25) is 0 Å².